The van der Waals surface area contributed by atoms with Gasteiger partial charge in [-0.1, -0.05) is 13.8 Å². The van der Waals surface area contributed by atoms with Crippen LogP contribution in [0.5, 0.6) is 0 Å². The molecule has 0 saturated heterocycles. The van der Waals surface area contributed by atoms with E-state index >= 15 is 0 Å². The van der Waals surface area contributed by atoms with E-state index in [4.69, 9.17) is 18.9 Å². The van der Waals surface area contributed by atoms with Crippen molar-refractivity contribution in [3.63, 3.8) is 0 Å². The molecule has 32 heavy (non-hydrogen) atoms. The van der Waals surface area contributed by atoms with Crippen molar-refractivity contribution in [1.29, 1.82) is 0 Å². The zero-order valence-electron chi connectivity index (χ0n) is 19.6. The van der Waals surface area contributed by atoms with Crippen LogP contribution in [-0.4, -0.2) is 62.4 Å². The van der Waals surface area contributed by atoms with E-state index in [2.05, 4.69) is 0 Å². The van der Waals surface area contributed by atoms with Gasteiger partial charge in [0.1, 0.15) is 0 Å². The molecular weight excluding hydrogens is 424 g/mol. The van der Waals surface area contributed by atoms with Crippen molar-refractivity contribution in [2.75, 3.05) is 27.4 Å². The lowest BCUT2D eigenvalue weighted by Crippen LogP contribution is -2.59. The highest BCUT2D eigenvalue weighted by atomic mass is 16.6. The van der Waals surface area contributed by atoms with Crippen LogP contribution >= 0.6 is 0 Å². The number of carbonyl (C=O) groups excluding carboxylic acids is 4. The summed E-state index contributed by atoms with van der Waals surface area (Å²) < 4.78 is 20.4. The molecule has 0 radical (unpaired) electrons. The highest BCUT2D eigenvalue weighted by molar-refractivity contribution is 6.02. The Balaban J connectivity index is 3.90. The summed E-state index contributed by atoms with van der Waals surface area (Å²) in [6, 6.07) is 0. The molecule has 0 bridgehead atoms. The van der Waals surface area contributed by atoms with Crippen molar-refractivity contribution in [2.24, 2.45) is 22.2 Å². The summed E-state index contributed by atoms with van der Waals surface area (Å²) in [5, 5.41) is 9.53. The summed E-state index contributed by atoms with van der Waals surface area (Å²) in [7, 11) is 2.18. The molecule has 0 spiro atoms. The van der Waals surface area contributed by atoms with Crippen molar-refractivity contribution in [3.05, 3.63) is 0 Å². The fourth-order valence-corrected chi connectivity index (χ4v) is 4.91. The monoisotopic (exact) mass is 458 g/mol. The van der Waals surface area contributed by atoms with E-state index in [-0.39, 0.29) is 38.9 Å². The van der Waals surface area contributed by atoms with Gasteiger partial charge in [0.25, 0.3) is 0 Å². The smallest absolute Gasteiger partial charge is 0.323 e. The molecule has 3 atom stereocenters. The minimum absolute atomic E-state index is 0.00991. The predicted octanol–water partition coefficient (Wildman–Crippen LogP) is 2.12. The topological polar surface area (TPSA) is 143 Å². The molecule has 1 saturated carbocycles. The number of ether oxygens (including phenoxy) is 4. The lowest BCUT2D eigenvalue weighted by Gasteiger charge is -2.51. The van der Waals surface area contributed by atoms with Crippen LogP contribution in [0.1, 0.15) is 59.8 Å². The van der Waals surface area contributed by atoms with Crippen LogP contribution in [0.4, 0.5) is 0 Å². The average molecular weight is 459 g/mol. The highest BCUT2D eigenvalue weighted by Gasteiger charge is 2.67. The molecule has 0 amide bonds. The first-order valence-corrected chi connectivity index (χ1v) is 10.7. The third kappa shape index (κ3) is 5.05. The standard InChI is InChI=1S/C22H34O10/c1-7-20(16(25)31-8-2)11-21(17(26)32-9-3,10-14(4)15(23)24)13-22(12-20,18(27)29-5)19(28)30-6/h14H,7-13H2,1-6H3,(H,23,24). The summed E-state index contributed by atoms with van der Waals surface area (Å²) >= 11 is 0. The molecule has 0 aromatic heterocycles. The van der Waals surface area contributed by atoms with Crippen molar-refractivity contribution >= 4 is 29.8 Å². The van der Waals surface area contributed by atoms with Crippen LogP contribution in [0.3, 0.4) is 0 Å². The molecule has 3 unspecified atom stereocenters. The molecule has 1 fully saturated rings. The van der Waals surface area contributed by atoms with Gasteiger partial charge in [-0.25, -0.2) is 0 Å². The molecule has 10 heteroatoms. The molecule has 182 valence electrons. The number of aliphatic carboxylic acids is 1. The van der Waals surface area contributed by atoms with E-state index < -0.39 is 58.4 Å². The van der Waals surface area contributed by atoms with Crippen LogP contribution in [0.15, 0.2) is 0 Å². The number of carboxylic acid groups (broad SMARTS) is 1. The average Bonchev–Trinajstić information content (AvgIpc) is 2.77. The summed E-state index contributed by atoms with van der Waals surface area (Å²) in [6.45, 7) is 6.32. The van der Waals surface area contributed by atoms with Crippen LogP contribution in [0, 0.1) is 22.2 Å². The van der Waals surface area contributed by atoms with E-state index in [1.807, 2.05) is 0 Å². The Hall–Kier alpha value is -2.65. The van der Waals surface area contributed by atoms with Crippen LogP contribution in [-0.2, 0) is 42.9 Å². The first-order valence-electron chi connectivity index (χ1n) is 10.7. The minimum atomic E-state index is -2.02. The fraction of sp³-hybridized carbons (Fsp3) is 0.773. The van der Waals surface area contributed by atoms with Gasteiger partial charge in [-0.3, -0.25) is 24.0 Å². The molecule has 10 nitrogen and oxygen atoms in total. The van der Waals surface area contributed by atoms with Gasteiger partial charge >= 0.3 is 29.8 Å². The van der Waals surface area contributed by atoms with Gasteiger partial charge in [-0.05, 0) is 46.0 Å². The van der Waals surface area contributed by atoms with Crippen LogP contribution in [0.25, 0.3) is 0 Å². The zero-order chi connectivity index (χ0) is 24.7. The van der Waals surface area contributed by atoms with Gasteiger partial charge < -0.3 is 24.1 Å². The number of hydrogen-bond donors (Lipinski definition) is 1. The molecule has 1 rings (SSSR count). The van der Waals surface area contributed by atoms with Gasteiger partial charge in [0.05, 0.1) is 44.2 Å². The SMILES string of the molecule is CCOC(=O)C1(CC)CC(CC(C)C(=O)O)(C(=O)OCC)CC(C(=O)OC)(C(=O)OC)C1. The third-order valence-electron chi connectivity index (χ3n) is 6.32. The Labute approximate surface area is 187 Å². The maximum Gasteiger partial charge on any atom is 0.323 e. The van der Waals surface area contributed by atoms with Crippen molar-refractivity contribution in [2.45, 2.75) is 59.8 Å². The van der Waals surface area contributed by atoms with Crippen molar-refractivity contribution in [3.8, 4) is 0 Å². The zero-order valence-corrected chi connectivity index (χ0v) is 19.6. The van der Waals surface area contributed by atoms with E-state index in [0.717, 1.165) is 14.2 Å². The summed E-state index contributed by atoms with van der Waals surface area (Å²) in [5.74, 6) is -5.60. The Morgan fingerprint density at radius 1 is 0.781 bits per heavy atom. The Morgan fingerprint density at radius 2 is 1.22 bits per heavy atom. The van der Waals surface area contributed by atoms with Crippen molar-refractivity contribution < 1.29 is 48.0 Å². The molecule has 1 aliphatic carbocycles. The Morgan fingerprint density at radius 3 is 1.59 bits per heavy atom. The number of carboxylic acids is 1. The molecule has 1 aliphatic rings. The third-order valence-corrected chi connectivity index (χ3v) is 6.32. The Kier molecular flexibility index (Phi) is 9.23. The maximum atomic E-state index is 13.3. The lowest BCUT2D eigenvalue weighted by molar-refractivity contribution is -0.194. The van der Waals surface area contributed by atoms with Gasteiger partial charge in [-0.15, -0.1) is 0 Å². The summed E-state index contributed by atoms with van der Waals surface area (Å²) in [6.07, 6.45) is -0.960. The predicted molar refractivity (Wildman–Crippen MR) is 110 cm³/mol. The highest BCUT2D eigenvalue weighted by Crippen LogP contribution is 2.60. The van der Waals surface area contributed by atoms with Gasteiger partial charge in [0.2, 0.25) is 0 Å². The van der Waals surface area contributed by atoms with E-state index in [1.165, 1.54) is 6.92 Å². The number of methoxy groups -OCH3 is 2. The van der Waals surface area contributed by atoms with E-state index in [0.29, 0.717) is 0 Å². The van der Waals surface area contributed by atoms with Gasteiger partial charge in [0.15, 0.2) is 5.41 Å². The fourth-order valence-electron chi connectivity index (χ4n) is 4.91. The second-order valence-corrected chi connectivity index (χ2v) is 8.39. The number of rotatable bonds is 10. The van der Waals surface area contributed by atoms with Gasteiger partial charge in [0, 0.05) is 0 Å². The molecule has 0 aliphatic heterocycles. The molecular formula is C22H34O10. The van der Waals surface area contributed by atoms with E-state index in [9.17, 15) is 29.1 Å². The second-order valence-electron chi connectivity index (χ2n) is 8.39. The summed E-state index contributed by atoms with van der Waals surface area (Å²) in [5.41, 5.74) is -5.10. The number of carbonyl (C=O) groups is 5. The molecule has 1 N–H and O–H groups in total. The number of hydrogen-bond acceptors (Lipinski definition) is 9. The van der Waals surface area contributed by atoms with Crippen LogP contribution in [0.2, 0.25) is 0 Å². The summed E-state index contributed by atoms with van der Waals surface area (Å²) in [4.78, 5) is 64.2. The molecule has 0 heterocycles. The van der Waals surface area contributed by atoms with Crippen LogP contribution < -0.4 is 0 Å². The first kappa shape index (κ1) is 27.4. The van der Waals surface area contributed by atoms with Crippen molar-refractivity contribution in [1.82, 2.24) is 0 Å². The quantitative estimate of drug-likeness (QED) is 0.294. The largest absolute Gasteiger partial charge is 0.481 e. The van der Waals surface area contributed by atoms with Gasteiger partial charge in [-0.2, -0.15) is 0 Å². The minimum Gasteiger partial charge on any atom is -0.481 e. The normalized spacial score (nSPS) is 25.2. The number of esters is 4. The lowest BCUT2D eigenvalue weighted by atomic mass is 9.50. The second kappa shape index (κ2) is 10.8. The molecule has 0 aromatic carbocycles. The Bertz CT molecular complexity index is 729. The molecule has 0 aromatic rings. The maximum absolute atomic E-state index is 13.3. The van der Waals surface area contributed by atoms with E-state index in [1.54, 1.807) is 20.8 Å². The first-order chi connectivity index (χ1) is 14.9.